The molecule has 3 aromatic carbocycles. The summed E-state index contributed by atoms with van der Waals surface area (Å²) >= 11 is 0. The molecule has 0 aliphatic carbocycles. The van der Waals surface area contributed by atoms with Gasteiger partial charge in [-0.2, -0.15) is 0 Å². The van der Waals surface area contributed by atoms with Crippen LogP contribution in [0.15, 0.2) is 84.9 Å². The first-order valence-corrected chi connectivity index (χ1v) is 12.2. The van der Waals surface area contributed by atoms with Gasteiger partial charge in [-0.05, 0) is 99.5 Å². The van der Waals surface area contributed by atoms with Crippen LogP contribution in [0.25, 0.3) is 0 Å². The van der Waals surface area contributed by atoms with E-state index in [1.165, 1.54) is 0 Å². The fraction of sp³-hybridized carbons (Fsp3) is 0.233. The van der Waals surface area contributed by atoms with Crippen LogP contribution in [0.4, 0.5) is 0 Å². The fourth-order valence-corrected chi connectivity index (χ4v) is 3.13. The summed E-state index contributed by atoms with van der Waals surface area (Å²) in [6, 6.07) is 19.4. The van der Waals surface area contributed by atoms with Gasteiger partial charge < -0.3 is 23.7 Å². The van der Waals surface area contributed by atoms with Crippen molar-refractivity contribution in [1.29, 1.82) is 0 Å². The topological polar surface area (TPSA) is 97.4 Å². The molecule has 8 nitrogen and oxygen atoms in total. The number of carbonyl (C=O) groups is 3. The molecule has 0 aromatic heterocycles. The highest BCUT2D eigenvalue weighted by atomic mass is 16.5. The molecule has 0 aliphatic heterocycles. The number of carbonyl (C=O) groups excluding carboxylic acids is 3. The Labute approximate surface area is 221 Å². The van der Waals surface area contributed by atoms with E-state index in [1.807, 2.05) is 6.92 Å². The van der Waals surface area contributed by atoms with Crippen molar-refractivity contribution in [2.75, 3.05) is 19.8 Å². The van der Waals surface area contributed by atoms with Gasteiger partial charge in [0.1, 0.15) is 23.0 Å². The Morgan fingerprint density at radius 2 is 1.05 bits per heavy atom. The minimum absolute atomic E-state index is 0.309. The average molecular weight is 519 g/mol. The molecule has 0 atom stereocenters. The van der Waals surface area contributed by atoms with Crippen LogP contribution in [0.5, 0.6) is 23.0 Å². The molecule has 3 rings (SSSR count). The molecule has 0 unspecified atom stereocenters. The van der Waals surface area contributed by atoms with E-state index in [1.54, 1.807) is 79.7 Å². The molecule has 0 N–H and O–H groups in total. The van der Waals surface area contributed by atoms with Gasteiger partial charge >= 0.3 is 17.9 Å². The van der Waals surface area contributed by atoms with E-state index in [9.17, 15) is 14.4 Å². The van der Waals surface area contributed by atoms with Crippen LogP contribution in [0, 0.1) is 0 Å². The van der Waals surface area contributed by atoms with Gasteiger partial charge in [-0.15, -0.1) is 0 Å². The normalized spacial score (nSPS) is 10.3. The van der Waals surface area contributed by atoms with E-state index in [2.05, 4.69) is 6.58 Å². The lowest BCUT2D eigenvalue weighted by Gasteiger charge is -2.09. The summed E-state index contributed by atoms with van der Waals surface area (Å²) in [5.41, 5.74) is 1.12. The molecule has 38 heavy (non-hydrogen) atoms. The third-order valence-electron chi connectivity index (χ3n) is 5.12. The first-order valence-electron chi connectivity index (χ1n) is 12.2. The average Bonchev–Trinajstić information content (AvgIpc) is 2.92. The van der Waals surface area contributed by atoms with Gasteiger partial charge in [-0.3, -0.25) is 0 Å². The summed E-state index contributed by atoms with van der Waals surface area (Å²) in [6.07, 6.45) is 1.38. The molecule has 0 aliphatic rings. The zero-order chi connectivity index (χ0) is 27.3. The summed E-state index contributed by atoms with van der Waals surface area (Å²) in [7, 11) is 0. The Balaban J connectivity index is 1.42. The van der Waals surface area contributed by atoms with Gasteiger partial charge in [-0.1, -0.05) is 6.58 Å². The summed E-state index contributed by atoms with van der Waals surface area (Å²) in [4.78, 5) is 36.1. The van der Waals surface area contributed by atoms with Crippen LogP contribution in [0.3, 0.4) is 0 Å². The van der Waals surface area contributed by atoms with Gasteiger partial charge in [-0.25, -0.2) is 14.4 Å². The Morgan fingerprint density at radius 3 is 1.50 bits per heavy atom. The van der Waals surface area contributed by atoms with Crippen molar-refractivity contribution < 1.29 is 38.1 Å². The second-order valence-corrected chi connectivity index (χ2v) is 8.20. The highest BCUT2D eigenvalue weighted by Gasteiger charge is 2.12. The van der Waals surface area contributed by atoms with Gasteiger partial charge in [0, 0.05) is 5.57 Å². The van der Waals surface area contributed by atoms with Crippen molar-refractivity contribution in [3.05, 3.63) is 96.1 Å². The van der Waals surface area contributed by atoms with Crippen molar-refractivity contribution in [1.82, 2.24) is 0 Å². The standard InChI is InChI=1S/C30H30O8/c1-4-34-24-11-7-22(8-12-24)29(32)37-26-15-17-27(18-16-26)38-30(33)23-9-13-25(14-10-23)35-19-5-6-20-36-28(31)21(2)3/h7-18H,2,4-6,19-20H2,1,3H3. The lowest BCUT2D eigenvalue weighted by Crippen LogP contribution is -2.10. The van der Waals surface area contributed by atoms with Crippen LogP contribution in [-0.4, -0.2) is 37.7 Å². The monoisotopic (exact) mass is 518 g/mol. The highest BCUT2D eigenvalue weighted by molar-refractivity contribution is 5.92. The zero-order valence-corrected chi connectivity index (χ0v) is 21.4. The Kier molecular flexibility index (Phi) is 10.5. The molecule has 0 spiro atoms. The molecule has 0 amide bonds. The van der Waals surface area contributed by atoms with Crippen molar-refractivity contribution in [3.63, 3.8) is 0 Å². The van der Waals surface area contributed by atoms with E-state index < -0.39 is 17.9 Å². The largest absolute Gasteiger partial charge is 0.494 e. The minimum atomic E-state index is -0.532. The number of esters is 3. The molecule has 0 fully saturated rings. The van der Waals surface area contributed by atoms with Crippen LogP contribution >= 0.6 is 0 Å². The van der Waals surface area contributed by atoms with Crippen LogP contribution < -0.4 is 18.9 Å². The third-order valence-corrected chi connectivity index (χ3v) is 5.12. The number of hydrogen-bond donors (Lipinski definition) is 0. The van der Waals surface area contributed by atoms with E-state index in [-0.39, 0.29) is 0 Å². The molecule has 0 bridgehead atoms. The SMILES string of the molecule is C=C(C)C(=O)OCCCCOc1ccc(C(=O)Oc2ccc(OC(=O)c3ccc(OCC)cc3)cc2)cc1. The Morgan fingerprint density at radius 1 is 0.632 bits per heavy atom. The summed E-state index contributed by atoms with van der Waals surface area (Å²) < 4.78 is 26.8. The van der Waals surface area contributed by atoms with E-state index >= 15 is 0 Å². The maximum absolute atomic E-state index is 12.5. The fourth-order valence-electron chi connectivity index (χ4n) is 3.13. The van der Waals surface area contributed by atoms with Crippen molar-refractivity contribution >= 4 is 17.9 Å². The third kappa shape index (κ3) is 8.81. The number of ether oxygens (including phenoxy) is 5. The summed E-state index contributed by atoms with van der Waals surface area (Å²) in [5, 5.41) is 0. The molecule has 0 saturated heterocycles. The quantitative estimate of drug-likeness (QED) is 0.121. The second-order valence-electron chi connectivity index (χ2n) is 8.20. The Hall–Kier alpha value is -4.59. The molecule has 198 valence electrons. The Bertz CT molecular complexity index is 1230. The van der Waals surface area contributed by atoms with Crippen molar-refractivity contribution in [2.45, 2.75) is 26.7 Å². The van der Waals surface area contributed by atoms with Crippen molar-refractivity contribution in [2.24, 2.45) is 0 Å². The smallest absolute Gasteiger partial charge is 0.343 e. The predicted molar refractivity (Wildman–Crippen MR) is 141 cm³/mol. The molecule has 0 heterocycles. The zero-order valence-electron chi connectivity index (χ0n) is 21.4. The van der Waals surface area contributed by atoms with Crippen LogP contribution in [-0.2, 0) is 9.53 Å². The van der Waals surface area contributed by atoms with Gasteiger partial charge in [0.2, 0.25) is 0 Å². The maximum Gasteiger partial charge on any atom is 0.343 e. The second kappa shape index (κ2) is 14.2. The number of unbranched alkanes of at least 4 members (excludes halogenated alkanes) is 1. The van der Waals surface area contributed by atoms with E-state index in [0.29, 0.717) is 72.4 Å². The lowest BCUT2D eigenvalue weighted by atomic mass is 10.2. The number of rotatable bonds is 13. The van der Waals surface area contributed by atoms with Gasteiger partial charge in [0.15, 0.2) is 0 Å². The lowest BCUT2D eigenvalue weighted by molar-refractivity contribution is -0.139. The van der Waals surface area contributed by atoms with Crippen LogP contribution in [0.1, 0.15) is 47.4 Å². The number of benzene rings is 3. The molecule has 3 aromatic rings. The minimum Gasteiger partial charge on any atom is -0.494 e. The number of hydrogen-bond acceptors (Lipinski definition) is 8. The summed E-state index contributed by atoms with van der Waals surface area (Å²) in [6.45, 7) is 8.32. The van der Waals surface area contributed by atoms with Gasteiger partial charge in [0.25, 0.3) is 0 Å². The molecular formula is C30H30O8. The summed E-state index contributed by atoms with van der Waals surface area (Å²) in [5.74, 6) is 0.476. The highest BCUT2D eigenvalue weighted by Crippen LogP contribution is 2.21. The van der Waals surface area contributed by atoms with E-state index in [0.717, 1.165) is 0 Å². The molecule has 0 saturated carbocycles. The van der Waals surface area contributed by atoms with Gasteiger partial charge in [0.05, 0.1) is 30.9 Å². The molecule has 8 heteroatoms. The first-order chi connectivity index (χ1) is 18.4. The predicted octanol–water partition coefficient (Wildman–Crippen LogP) is 5.80. The first kappa shape index (κ1) is 28.0. The van der Waals surface area contributed by atoms with Crippen molar-refractivity contribution in [3.8, 4) is 23.0 Å². The molecular weight excluding hydrogens is 488 g/mol. The van der Waals surface area contributed by atoms with Crippen LogP contribution in [0.2, 0.25) is 0 Å². The van der Waals surface area contributed by atoms with E-state index in [4.69, 9.17) is 23.7 Å². The molecule has 0 radical (unpaired) electrons. The maximum atomic E-state index is 12.5.